The van der Waals surface area contributed by atoms with Gasteiger partial charge in [0.05, 0.1) is 0 Å². The molecule has 0 fully saturated rings. The summed E-state index contributed by atoms with van der Waals surface area (Å²) in [5, 5.41) is 0. The van der Waals surface area contributed by atoms with Gasteiger partial charge in [0.15, 0.2) is 5.78 Å². The fraction of sp³-hybridized carbons (Fsp3) is 0.333. The zero-order chi connectivity index (χ0) is 11.5. The van der Waals surface area contributed by atoms with E-state index in [0.717, 1.165) is 6.42 Å². The van der Waals surface area contributed by atoms with E-state index in [1.165, 1.54) is 6.08 Å². The first-order valence-corrected chi connectivity index (χ1v) is 5.17. The number of hydrogen-bond acceptors (Lipinski definition) is 4. The molecule has 4 heteroatoms. The molecule has 0 saturated carbocycles. The summed E-state index contributed by atoms with van der Waals surface area (Å²) < 4.78 is 10.2. The highest BCUT2D eigenvalue weighted by molar-refractivity contribution is 5.92. The number of furan rings is 1. The molecule has 0 spiro atoms. The van der Waals surface area contributed by atoms with Crippen LogP contribution in [0, 0.1) is 6.92 Å². The van der Waals surface area contributed by atoms with Gasteiger partial charge < -0.3 is 9.15 Å². The summed E-state index contributed by atoms with van der Waals surface area (Å²) in [6.45, 7) is 1.75. The van der Waals surface area contributed by atoms with E-state index in [4.69, 9.17) is 9.15 Å². The van der Waals surface area contributed by atoms with Crippen molar-refractivity contribution in [3.05, 3.63) is 35.5 Å². The quantitative estimate of drug-likeness (QED) is 0.718. The largest absolute Gasteiger partial charge is 0.454 e. The Kier molecular flexibility index (Phi) is 2.90. The minimum Gasteiger partial charge on any atom is -0.454 e. The summed E-state index contributed by atoms with van der Waals surface area (Å²) in [5.74, 6) is 0.700. The number of carbonyl (C=O) groups is 2. The molecule has 0 unspecified atom stereocenters. The van der Waals surface area contributed by atoms with Gasteiger partial charge in [0.1, 0.15) is 11.5 Å². The van der Waals surface area contributed by atoms with E-state index in [0.29, 0.717) is 24.4 Å². The van der Waals surface area contributed by atoms with Gasteiger partial charge in [-0.1, -0.05) is 0 Å². The highest BCUT2D eigenvalue weighted by Crippen LogP contribution is 2.18. The fourth-order valence-electron chi connectivity index (χ4n) is 1.55. The maximum absolute atomic E-state index is 11.6. The molecule has 0 amide bonds. The van der Waals surface area contributed by atoms with Gasteiger partial charge in [-0.25, -0.2) is 4.79 Å². The highest BCUT2D eigenvalue weighted by atomic mass is 16.5. The molecule has 0 N–H and O–H groups in total. The summed E-state index contributed by atoms with van der Waals surface area (Å²) in [6, 6.07) is 3.25. The zero-order valence-corrected chi connectivity index (χ0v) is 8.99. The predicted molar refractivity (Wildman–Crippen MR) is 55.8 cm³/mol. The molecule has 0 aliphatic heterocycles. The third-order valence-corrected chi connectivity index (χ3v) is 2.33. The standard InChI is InChI=1S/C12H12O4/c1-8-5-6-11(15-8)12(14)16-10-4-2-3-9(13)7-10/h5-7H,2-4H2,1H3. The molecule has 0 radical (unpaired) electrons. The topological polar surface area (TPSA) is 56.5 Å². The van der Waals surface area contributed by atoms with Crippen molar-refractivity contribution in [3.63, 3.8) is 0 Å². The van der Waals surface area contributed by atoms with E-state index >= 15 is 0 Å². The lowest BCUT2D eigenvalue weighted by Gasteiger charge is -2.10. The summed E-state index contributed by atoms with van der Waals surface area (Å²) in [4.78, 5) is 22.7. The Hall–Kier alpha value is -1.84. The fourth-order valence-corrected chi connectivity index (χ4v) is 1.55. The summed E-state index contributed by atoms with van der Waals surface area (Å²) in [6.07, 6.45) is 3.27. The Balaban J connectivity index is 2.05. The van der Waals surface area contributed by atoms with E-state index in [9.17, 15) is 9.59 Å². The third kappa shape index (κ3) is 2.39. The number of aryl methyl sites for hydroxylation is 1. The molecule has 1 aromatic rings. The van der Waals surface area contributed by atoms with Gasteiger partial charge in [-0.05, 0) is 25.5 Å². The van der Waals surface area contributed by atoms with E-state index in [1.54, 1.807) is 19.1 Å². The highest BCUT2D eigenvalue weighted by Gasteiger charge is 2.17. The van der Waals surface area contributed by atoms with Gasteiger partial charge in [0, 0.05) is 18.9 Å². The lowest BCUT2D eigenvalue weighted by atomic mass is 10.1. The van der Waals surface area contributed by atoms with Crippen LogP contribution in [0.1, 0.15) is 35.6 Å². The average molecular weight is 220 g/mol. The molecule has 1 heterocycles. The Bertz CT molecular complexity index is 453. The Morgan fingerprint density at radius 3 is 2.81 bits per heavy atom. The van der Waals surface area contributed by atoms with Crippen molar-refractivity contribution < 1.29 is 18.7 Å². The van der Waals surface area contributed by atoms with Crippen molar-refractivity contribution in [1.29, 1.82) is 0 Å². The van der Waals surface area contributed by atoms with Crippen LogP contribution in [0.25, 0.3) is 0 Å². The molecule has 4 nitrogen and oxygen atoms in total. The van der Waals surface area contributed by atoms with Crippen molar-refractivity contribution in [2.24, 2.45) is 0 Å². The van der Waals surface area contributed by atoms with Gasteiger partial charge in [0.25, 0.3) is 0 Å². The van der Waals surface area contributed by atoms with Crippen LogP contribution in [0.2, 0.25) is 0 Å². The first-order chi connectivity index (χ1) is 7.65. The maximum Gasteiger partial charge on any atom is 0.379 e. The lowest BCUT2D eigenvalue weighted by Crippen LogP contribution is -2.09. The zero-order valence-electron chi connectivity index (χ0n) is 8.99. The average Bonchev–Trinajstić information content (AvgIpc) is 2.65. The Morgan fingerprint density at radius 1 is 1.38 bits per heavy atom. The van der Waals surface area contributed by atoms with Crippen LogP contribution >= 0.6 is 0 Å². The Labute approximate surface area is 92.9 Å². The minimum absolute atomic E-state index is 0.00433. The van der Waals surface area contributed by atoms with Gasteiger partial charge in [0.2, 0.25) is 5.76 Å². The number of ketones is 1. The van der Waals surface area contributed by atoms with Gasteiger partial charge in [-0.2, -0.15) is 0 Å². The van der Waals surface area contributed by atoms with E-state index in [2.05, 4.69) is 0 Å². The summed E-state index contributed by atoms with van der Waals surface area (Å²) in [5.41, 5.74) is 0. The summed E-state index contributed by atoms with van der Waals surface area (Å²) in [7, 11) is 0. The first kappa shape index (κ1) is 10.7. The molecule has 84 valence electrons. The number of ether oxygens (including phenoxy) is 1. The molecule has 2 rings (SSSR count). The predicted octanol–water partition coefficient (Wildman–Crippen LogP) is 2.38. The van der Waals surface area contributed by atoms with E-state index in [1.807, 2.05) is 0 Å². The van der Waals surface area contributed by atoms with Crippen molar-refractivity contribution in [1.82, 2.24) is 0 Å². The second-order valence-corrected chi connectivity index (χ2v) is 3.73. The number of allylic oxidation sites excluding steroid dienone is 2. The third-order valence-electron chi connectivity index (χ3n) is 2.33. The molecular weight excluding hydrogens is 208 g/mol. The van der Waals surface area contributed by atoms with Crippen LogP contribution in [0.15, 0.2) is 28.4 Å². The van der Waals surface area contributed by atoms with Crippen LogP contribution in [0.4, 0.5) is 0 Å². The molecule has 16 heavy (non-hydrogen) atoms. The molecule has 0 bridgehead atoms. The van der Waals surface area contributed by atoms with Crippen molar-refractivity contribution in [3.8, 4) is 0 Å². The number of carbonyl (C=O) groups excluding carboxylic acids is 2. The molecular formula is C12H12O4. The van der Waals surface area contributed by atoms with Gasteiger partial charge >= 0.3 is 5.97 Å². The first-order valence-electron chi connectivity index (χ1n) is 5.17. The molecule has 0 atom stereocenters. The van der Waals surface area contributed by atoms with Crippen LogP contribution in [0.3, 0.4) is 0 Å². The monoisotopic (exact) mass is 220 g/mol. The van der Waals surface area contributed by atoms with Gasteiger partial charge in [-0.3, -0.25) is 4.79 Å². The summed E-state index contributed by atoms with van der Waals surface area (Å²) >= 11 is 0. The van der Waals surface area contributed by atoms with Crippen LogP contribution in [-0.2, 0) is 9.53 Å². The van der Waals surface area contributed by atoms with Crippen molar-refractivity contribution in [2.45, 2.75) is 26.2 Å². The van der Waals surface area contributed by atoms with Crippen molar-refractivity contribution >= 4 is 11.8 Å². The molecule has 1 aliphatic rings. The lowest BCUT2D eigenvalue weighted by molar-refractivity contribution is -0.115. The number of esters is 1. The molecule has 0 aromatic carbocycles. The normalized spacial score (nSPS) is 15.8. The maximum atomic E-state index is 11.6. The van der Waals surface area contributed by atoms with Crippen molar-refractivity contribution in [2.75, 3.05) is 0 Å². The number of rotatable bonds is 2. The van der Waals surface area contributed by atoms with Crippen LogP contribution < -0.4 is 0 Å². The van der Waals surface area contributed by atoms with Crippen LogP contribution in [0.5, 0.6) is 0 Å². The van der Waals surface area contributed by atoms with Gasteiger partial charge in [-0.15, -0.1) is 0 Å². The molecule has 0 saturated heterocycles. The smallest absolute Gasteiger partial charge is 0.379 e. The second kappa shape index (κ2) is 4.35. The minimum atomic E-state index is -0.547. The molecule has 1 aliphatic carbocycles. The van der Waals surface area contributed by atoms with Crippen LogP contribution in [-0.4, -0.2) is 11.8 Å². The van der Waals surface area contributed by atoms with E-state index < -0.39 is 5.97 Å². The second-order valence-electron chi connectivity index (χ2n) is 3.73. The number of hydrogen-bond donors (Lipinski definition) is 0. The van der Waals surface area contributed by atoms with E-state index in [-0.39, 0.29) is 11.5 Å². The SMILES string of the molecule is Cc1ccc(C(=O)OC2=CC(=O)CCC2)o1. The molecule has 1 aromatic heterocycles. The Morgan fingerprint density at radius 2 is 2.19 bits per heavy atom.